The summed E-state index contributed by atoms with van der Waals surface area (Å²) in [7, 11) is 0. The molecule has 3 rings (SSSR count). The van der Waals surface area contributed by atoms with Gasteiger partial charge in [-0.2, -0.15) is 0 Å². The Kier molecular flexibility index (Phi) is 4.64. The average Bonchev–Trinajstić information content (AvgIpc) is 3.32. The maximum absolute atomic E-state index is 12.6. The molecule has 1 amide bonds. The van der Waals surface area contributed by atoms with Crippen LogP contribution >= 0.6 is 0 Å². The van der Waals surface area contributed by atoms with Crippen LogP contribution in [0.15, 0.2) is 30.3 Å². The number of anilines is 2. The lowest BCUT2D eigenvalue weighted by molar-refractivity contribution is 0.102. The summed E-state index contributed by atoms with van der Waals surface area (Å²) in [6, 6.07) is 9.49. The summed E-state index contributed by atoms with van der Waals surface area (Å²) >= 11 is 0. The first-order chi connectivity index (χ1) is 11.5. The number of benzene rings is 1. The second kappa shape index (κ2) is 6.86. The molecule has 1 aliphatic carbocycles. The lowest BCUT2D eigenvalue weighted by Gasteiger charge is -2.15. The second-order valence-electron chi connectivity index (χ2n) is 6.25. The quantitative estimate of drug-likeness (QED) is 0.851. The highest BCUT2D eigenvalue weighted by Crippen LogP contribution is 2.26. The smallest absolute Gasteiger partial charge is 0.274 e. The fraction of sp³-hybridized carbons (Fsp3) is 0.389. The third kappa shape index (κ3) is 4.22. The molecular weight excluding hydrogens is 304 g/mol. The Morgan fingerprint density at radius 1 is 1.25 bits per heavy atom. The van der Waals surface area contributed by atoms with E-state index in [0.29, 0.717) is 29.1 Å². The van der Waals surface area contributed by atoms with Gasteiger partial charge in [0.2, 0.25) is 5.95 Å². The molecule has 1 aromatic heterocycles. The molecule has 1 aliphatic rings. The topological polar surface area (TPSA) is 76.1 Å². The standard InChI is InChI=1S/C18H22N4O2/c1-11(2)24-16-7-5-4-6-14(16)21-17(23)15-10-12(3)19-18(22-15)20-13-8-9-13/h4-7,10-11,13H,8-9H2,1-3H3,(H,21,23)(H,19,20,22). The molecule has 0 saturated heterocycles. The normalized spacial score (nSPS) is 13.7. The average molecular weight is 326 g/mol. The van der Waals surface area contributed by atoms with E-state index in [4.69, 9.17) is 4.74 Å². The molecule has 126 valence electrons. The molecule has 2 N–H and O–H groups in total. The monoisotopic (exact) mass is 326 g/mol. The number of carbonyl (C=O) groups excluding carboxylic acids is 1. The Labute approximate surface area is 141 Å². The van der Waals surface area contributed by atoms with Gasteiger partial charge in [0, 0.05) is 11.7 Å². The molecule has 0 radical (unpaired) electrons. The zero-order chi connectivity index (χ0) is 17.1. The van der Waals surface area contributed by atoms with Gasteiger partial charge in [-0.15, -0.1) is 0 Å². The van der Waals surface area contributed by atoms with Crippen LogP contribution in [0.3, 0.4) is 0 Å². The highest BCUT2D eigenvalue weighted by molar-refractivity contribution is 6.03. The maximum Gasteiger partial charge on any atom is 0.274 e. The lowest BCUT2D eigenvalue weighted by atomic mass is 10.2. The molecule has 0 spiro atoms. The summed E-state index contributed by atoms with van der Waals surface area (Å²) in [5.41, 5.74) is 1.72. The molecule has 2 aromatic rings. The van der Waals surface area contributed by atoms with Crippen molar-refractivity contribution in [2.75, 3.05) is 10.6 Å². The van der Waals surface area contributed by atoms with Gasteiger partial charge in [-0.05, 0) is 51.8 Å². The van der Waals surface area contributed by atoms with E-state index in [1.807, 2.05) is 45.0 Å². The molecular formula is C18H22N4O2. The highest BCUT2D eigenvalue weighted by Gasteiger charge is 2.23. The fourth-order valence-corrected chi connectivity index (χ4v) is 2.27. The molecule has 0 aliphatic heterocycles. The number of carbonyl (C=O) groups is 1. The zero-order valence-electron chi connectivity index (χ0n) is 14.2. The second-order valence-corrected chi connectivity index (χ2v) is 6.25. The van der Waals surface area contributed by atoms with Crippen LogP contribution in [-0.4, -0.2) is 28.0 Å². The SMILES string of the molecule is Cc1cc(C(=O)Nc2ccccc2OC(C)C)nc(NC2CC2)n1. The van der Waals surface area contributed by atoms with Crippen molar-refractivity contribution in [3.63, 3.8) is 0 Å². The number of hydrogen-bond acceptors (Lipinski definition) is 5. The van der Waals surface area contributed by atoms with Crippen LogP contribution in [0.2, 0.25) is 0 Å². The summed E-state index contributed by atoms with van der Waals surface area (Å²) in [6.45, 7) is 5.75. The number of ether oxygens (including phenoxy) is 1. The van der Waals surface area contributed by atoms with E-state index in [9.17, 15) is 4.79 Å². The first-order valence-electron chi connectivity index (χ1n) is 8.20. The first-order valence-corrected chi connectivity index (χ1v) is 8.20. The van der Waals surface area contributed by atoms with Gasteiger partial charge < -0.3 is 15.4 Å². The third-order valence-electron chi connectivity index (χ3n) is 3.50. The van der Waals surface area contributed by atoms with Crippen molar-refractivity contribution < 1.29 is 9.53 Å². The van der Waals surface area contributed by atoms with Crippen LogP contribution in [0.1, 0.15) is 42.9 Å². The van der Waals surface area contributed by atoms with Gasteiger partial charge in [0.25, 0.3) is 5.91 Å². The van der Waals surface area contributed by atoms with Gasteiger partial charge in [0.15, 0.2) is 0 Å². The predicted octanol–water partition coefficient (Wildman–Crippen LogP) is 3.40. The van der Waals surface area contributed by atoms with Crippen LogP contribution in [0.5, 0.6) is 5.75 Å². The Bertz CT molecular complexity index is 742. The highest BCUT2D eigenvalue weighted by atomic mass is 16.5. The molecule has 0 bridgehead atoms. The predicted molar refractivity (Wildman–Crippen MR) is 93.6 cm³/mol. The number of aromatic nitrogens is 2. The number of para-hydroxylation sites is 2. The molecule has 1 heterocycles. The molecule has 1 fully saturated rings. The number of hydrogen-bond donors (Lipinski definition) is 2. The van der Waals surface area contributed by atoms with E-state index >= 15 is 0 Å². The van der Waals surface area contributed by atoms with Gasteiger partial charge in [-0.3, -0.25) is 4.79 Å². The van der Waals surface area contributed by atoms with Crippen LogP contribution in [0.4, 0.5) is 11.6 Å². The molecule has 6 nitrogen and oxygen atoms in total. The van der Waals surface area contributed by atoms with Crippen LogP contribution < -0.4 is 15.4 Å². The van der Waals surface area contributed by atoms with Crippen molar-refractivity contribution in [3.8, 4) is 5.75 Å². The van der Waals surface area contributed by atoms with Crippen LogP contribution in [0.25, 0.3) is 0 Å². The van der Waals surface area contributed by atoms with Gasteiger partial charge >= 0.3 is 0 Å². The molecule has 1 saturated carbocycles. The molecule has 0 atom stereocenters. The van der Waals surface area contributed by atoms with Gasteiger partial charge in [0.1, 0.15) is 11.4 Å². The summed E-state index contributed by atoms with van der Waals surface area (Å²) in [5.74, 6) is 0.872. The van der Waals surface area contributed by atoms with Crippen LogP contribution in [0, 0.1) is 6.92 Å². The zero-order valence-corrected chi connectivity index (χ0v) is 14.2. The Morgan fingerprint density at radius 3 is 2.71 bits per heavy atom. The van der Waals surface area contributed by atoms with Gasteiger partial charge in [-0.1, -0.05) is 12.1 Å². The lowest BCUT2D eigenvalue weighted by Crippen LogP contribution is -2.17. The summed E-state index contributed by atoms with van der Waals surface area (Å²) in [6.07, 6.45) is 2.27. The van der Waals surface area contributed by atoms with E-state index in [0.717, 1.165) is 18.5 Å². The Hall–Kier alpha value is -2.63. The van der Waals surface area contributed by atoms with E-state index in [1.54, 1.807) is 6.07 Å². The van der Waals surface area contributed by atoms with Gasteiger partial charge in [-0.25, -0.2) is 9.97 Å². The van der Waals surface area contributed by atoms with Crippen molar-refractivity contribution in [2.24, 2.45) is 0 Å². The first kappa shape index (κ1) is 16.2. The van der Waals surface area contributed by atoms with Crippen molar-refractivity contribution in [3.05, 3.63) is 41.7 Å². The van der Waals surface area contributed by atoms with Crippen molar-refractivity contribution in [1.29, 1.82) is 0 Å². The van der Waals surface area contributed by atoms with E-state index in [1.165, 1.54) is 0 Å². The minimum Gasteiger partial charge on any atom is -0.489 e. The largest absolute Gasteiger partial charge is 0.489 e. The third-order valence-corrected chi connectivity index (χ3v) is 3.50. The fourth-order valence-electron chi connectivity index (χ4n) is 2.27. The van der Waals surface area contributed by atoms with E-state index < -0.39 is 0 Å². The minimum atomic E-state index is -0.279. The molecule has 24 heavy (non-hydrogen) atoms. The summed E-state index contributed by atoms with van der Waals surface area (Å²) in [5, 5.41) is 6.10. The summed E-state index contributed by atoms with van der Waals surface area (Å²) < 4.78 is 5.73. The minimum absolute atomic E-state index is 0.0266. The number of rotatable bonds is 6. The van der Waals surface area contributed by atoms with Gasteiger partial charge in [0.05, 0.1) is 11.8 Å². The number of nitrogens with one attached hydrogen (secondary N) is 2. The Morgan fingerprint density at radius 2 is 2.00 bits per heavy atom. The Balaban J connectivity index is 1.78. The molecule has 1 aromatic carbocycles. The number of nitrogens with zero attached hydrogens (tertiary/aromatic N) is 2. The maximum atomic E-state index is 12.6. The van der Waals surface area contributed by atoms with Crippen molar-refractivity contribution in [1.82, 2.24) is 9.97 Å². The van der Waals surface area contributed by atoms with Crippen molar-refractivity contribution >= 4 is 17.5 Å². The number of aryl methyl sites for hydroxylation is 1. The number of amides is 1. The van der Waals surface area contributed by atoms with Crippen LogP contribution in [-0.2, 0) is 0 Å². The van der Waals surface area contributed by atoms with Crippen molar-refractivity contribution in [2.45, 2.75) is 45.8 Å². The summed E-state index contributed by atoms with van der Waals surface area (Å²) in [4.78, 5) is 21.2. The molecule has 6 heteroatoms. The molecule has 0 unspecified atom stereocenters. The van der Waals surface area contributed by atoms with E-state index in [2.05, 4.69) is 20.6 Å². The van der Waals surface area contributed by atoms with E-state index in [-0.39, 0.29) is 12.0 Å².